The van der Waals surface area contributed by atoms with Crippen LogP contribution >= 0.6 is 0 Å². The molecular formula is C17H25N3O. The van der Waals surface area contributed by atoms with E-state index >= 15 is 0 Å². The van der Waals surface area contributed by atoms with E-state index in [-0.39, 0.29) is 6.03 Å². The first-order chi connectivity index (χ1) is 10.2. The number of benzene rings is 1. The lowest BCUT2D eigenvalue weighted by atomic mass is 9.98. The van der Waals surface area contributed by atoms with Gasteiger partial charge in [-0.25, -0.2) is 4.79 Å². The van der Waals surface area contributed by atoms with E-state index in [9.17, 15) is 4.79 Å². The Morgan fingerprint density at radius 3 is 2.76 bits per heavy atom. The second-order valence-electron chi connectivity index (χ2n) is 6.26. The number of fused-ring (bicyclic) bond motifs is 1. The predicted octanol–water partition coefficient (Wildman–Crippen LogP) is 3.84. The molecule has 0 aliphatic carbocycles. The summed E-state index contributed by atoms with van der Waals surface area (Å²) in [5.41, 5.74) is 3.34. The van der Waals surface area contributed by atoms with Gasteiger partial charge in [0.25, 0.3) is 0 Å². The molecule has 4 heteroatoms. The number of urea groups is 1. The smallest absolute Gasteiger partial charge is 0.321 e. The predicted molar refractivity (Wildman–Crippen MR) is 86.9 cm³/mol. The normalized spacial score (nSPS) is 22.0. The molecule has 1 fully saturated rings. The highest BCUT2D eigenvalue weighted by atomic mass is 16.2. The first-order valence-corrected chi connectivity index (χ1v) is 8.18. The molecule has 4 nitrogen and oxygen atoms in total. The zero-order valence-corrected chi connectivity index (χ0v) is 12.8. The minimum absolute atomic E-state index is 0.0466. The van der Waals surface area contributed by atoms with Crippen LogP contribution in [0.5, 0.6) is 0 Å². The number of amides is 2. The molecule has 1 saturated heterocycles. The third-order valence-corrected chi connectivity index (χ3v) is 4.52. The highest BCUT2D eigenvalue weighted by Gasteiger charge is 2.20. The molecule has 21 heavy (non-hydrogen) atoms. The highest BCUT2D eigenvalue weighted by Crippen LogP contribution is 2.32. The van der Waals surface area contributed by atoms with E-state index in [4.69, 9.17) is 0 Å². The fraction of sp³-hybridized carbons (Fsp3) is 0.588. The fourth-order valence-corrected chi connectivity index (χ4v) is 3.24. The summed E-state index contributed by atoms with van der Waals surface area (Å²) >= 11 is 0. The first kappa shape index (κ1) is 14.2. The van der Waals surface area contributed by atoms with Crippen molar-refractivity contribution in [3.8, 4) is 0 Å². The molecule has 2 amide bonds. The zero-order chi connectivity index (χ0) is 14.7. The molecule has 2 aliphatic rings. The monoisotopic (exact) mass is 287 g/mol. The number of para-hydroxylation sites is 1. The Morgan fingerprint density at radius 1 is 1.24 bits per heavy atom. The van der Waals surface area contributed by atoms with Crippen LogP contribution in [-0.2, 0) is 6.42 Å². The number of carbonyl (C=O) groups excluding carboxylic acids is 1. The molecule has 2 heterocycles. The van der Waals surface area contributed by atoms with Crippen molar-refractivity contribution in [1.29, 1.82) is 0 Å². The van der Waals surface area contributed by atoms with Gasteiger partial charge in [0.2, 0.25) is 0 Å². The Labute approximate surface area is 126 Å². The van der Waals surface area contributed by atoms with Gasteiger partial charge in [0.1, 0.15) is 0 Å². The van der Waals surface area contributed by atoms with Gasteiger partial charge in [-0.05, 0) is 44.2 Å². The van der Waals surface area contributed by atoms with Gasteiger partial charge in [-0.15, -0.1) is 0 Å². The zero-order valence-electron chi connectivity index (χ0n) is 12.8. The number of hydrogen-bond donors (Lipinski definition) is 2. The van der Waals surface area contributed by atoms with E-state index in [0.717, 1.165) is 50.1 Å². The Morgan fingerprint density at radius 2 is 2.00 bits per heavy atom. The van der Waals surface area contributed by atoms with Gasteiger partial charge in [-0.1, -0.05) is 25.0 Å². The molecule has 0 bridgehead atoms. The first-order valence-electron chi connectivity index (χ1n) is 8.18. The lowest BCUT2D eigenvalue weighted by Crippen LogP contribution is -2.36. The quantitative estimate of drug-likeness (QED) is 0.824. The molecule has 0 radical (unpaired) electrons. The Bertz CT molecular complexity index is 507. The van der Waals surface area contributed by atoms with Gasteiger partial charge < -0.3 is 15.5 Å². The lowest BCUT2D eigenvalue weighted by molar-refractivity contribution is 0.214. The second-order valence-corrected chi connectivity index (χ2v) is 6.26. The van der Waals surface area contributed by atoms with E-state index in [2.05, 4.69) is 23.6 Å². The van der Waals surface area contributed by atoms with Gasteiger partial charge in [-0.3, -0.25) is 0 Å². The van der Waals surface area contributed by atoms with Crippen LogP contribution in [0.1, 0.15) is 44.6 Å². The summed E-state index contributed by atoms with van der Waals surface area (Å²) in [5.74, 6) is 0. The number of carbonyl (C=O) groups is 1. The van der Waals surface area contributed by atoms with E-state index in [1.54, 1.807) is 0 Å². The summed E-state index contributed by atoms with van der Waals surface area (Å²) in [6, 6.07) is 6.70. The maximum absolute atomic E-state index is 12.5. The van der Waals surface area contributed by atoms with Crippen LogP contribution in [0.4, 0.5) is 16.2 Å². The average molecular weight is 287 g/mol. The molecule has 3 rings (SSSR count). The summed E-state index contributed by atoms with van der Waals surface area (Å²) in [4.78, 5) is 14.4. The number of rotatable bonds is 1. The largest absolute Gasteiger partial charge is 0.381 e. The topological polar surface area (TPSA) is 44.4 Å². The van der Waals surface area contributed by atoms with Crippen LogP contribution < -0.4 is 10.6 Å². The Balaban J connectivity index is 1.74. The van der Waals surface area contributed by atoms with Crippen LogP contribution in [-0.4, -0.2) is 30.1 Å². The molecule has 1 aromatic rings. The summed E-state index contributed by atoms with van der Waals surface area (Å²) in [6.07, 6.45) is 6.95. The van der Waals surface area contributed by atoms with Gasteiger partial charge in [0, 0.05) is 19.1 Å². The van der Waals surface area contributed by atoms with E-state index in [1.165, 1.54) is 18.4 Å². The van der Waals surface area contributed by atoms with Crippen molar-refractivity contribution in [3.63, 3.8) is 0 Å². The maximum atomic E-state index is 12.5. The molecule has 0 aromatic heterocycles. The minimum Gasteiger partial charge on any atom is -0.381 e. The Kier molecular flexibility index (Phi) is 4.32. The van der Waals surface area contributed by atoms with Crippen molar-refractivity contribution in [2.24, 2.45) is 0 Å². The highest BCUT2D eigenvalue weighted by molar-refractivity contribution is 5.94. The van der Waals surface area contributed by atoms with Crippen molar-refractivity contribution >= 4 is 17.4 Å². The molecular weight excluding hydrogens is 262 g/mol. The number of likely N-dealkylation sites (tertiary alicyclic amines) is 1. The SMILES string of the molecule is CC1CCc2cccc(NC(=O)N3CCCCCC3)c2N1. The summed E-state index contributed by atoms with van der Waals surface area (Å²) in [7, 11) is 0. The summed E-state index contributed by atoms with van der Waals surface area (Å²) < 4.78 is 0. The lowest BCUT2D eigenvalue weighted by Gasteiger charge is -2.28. The number of anilines is 2. The van der Waals surface area contributed by atoms with Crippen molar-refractivity contribution < 1.29 is 4.79 Å². The van der Waals surface area contributed by atoms with Gasteiger partial charge >= 0.3 is 6.03 Å². The van der Waals surface area contributed by atoms with Crippen LogP contribution in [0.2, 0.25) is 0 Å². The van der Waals surface area contributed by atoms with E-state index < -0.39 is 0 Å². The molecule has 2 N–H and O–H groups in total. The average Bonchev–Trinajstić information content (AvgIpc) is 2.77. The van der Waals surface area contributed by atoms with Crippen molar-refractivity contribution in [2.45, 2.75) is 51.5 Å². The molecule has 1 aromatic carbocycles. The number of aryl methyl sites for hydroxylation is 1. The third-order valence-electron chi connectivity index (χ3n) is 4.52. The number of nitrogens with one attached hydrogen (secondary N) is 2. The molecule has 114 valence electrons. The van der Waals surface area contributed by atoms with Gasteiger partial charge in [0.15, 0.2) is 0 Å². The molecule has 1 atom stereocenters. The fourth-order valence-electron chi connectivity index (χ4n) is 3.24. The second kappa shape index (κ2) is 6.37. The van der Waals surface area contributed by atoms with Crippen molar-refractivity contribution in [2.75, 3.05) is 23.7 Å². The van der Waals surface area contributed by atoms with Crippen LogP contribution in [0.15, 0.2) is 18.2 Å². The van der Waals surface area contributed by atoms with Gasteiger partial charge in [0.05, 0.1) is 11.4 Å². The maximum Gasteiger partial charge on any atom is 0.321 e. The number of nitrogens with zero attached hydrogens (tertiary/aromatic N) is 1. The van der Waals surface area contributed by atoms with Crippen LogP contribution in [0.3, 0.4) is 0 Å². The summed E-state index contributed by atoms with van der Waals surface area (Å²) in [6.45, 7) is 3.95. The molecule has 2 aliphatic heterocycles. The van der Waals surface area contributed by atoms with Crippen molar-refractivity contribution in [3.05, 3.63) is 23.8 Å². The van der Waals surface area contributed by atoms with Gasteiger partial charge in [-0.2, -0.15) is 0 Å². The standard InChI is InChI=1S/C17H25N3O/c1-13-9-10-14-7-6-8-15(16(14)18-13)19-17(21)20-11-4-2-3-5-12-20/h6-8,13,18H,2-5,9-12H2,1H3,(H,19,21). The van der Waals surface area contributed by atoms with Crippen molar-refractivity contribution in [1.82, 2.24) is 4.90 Å². The minimum atomic E-state index is 0.0466. The Hall–Kier alpha value is -1.71. The third kappa shape index (κ3) is 3.31. The van der Waals surface area contributed by atoms with E-state index in [0.29, 0.717) is 6.04 Å². The van der Waals surface area contributed by atoms with E-state index in [1.807, 2.05) is 17.0 Å². The molecule has 0 saturated carbocycles. The summed E-state index contributed by atoms with van der Waals surface area (Å²) in [5, 5.41) is 6.63. The number of hydrogen-bond acceptors (Lipinski definition) is 2. The molecule has 1 unspecified atom stereocenters. The van der Waals surface area contributed by atoms with Crippen LogP contribution in [0.25, 0.3) is 0 Å². The van der Waals surface area contributed by atoms with Crippen LogP contribution in [0, 0.1) is 0 Å². The molecule has 0 spiro atoms.